The minimum absolute atomic E-state index is 0.194. The molecular weight excluding hydrogens is 512 g/mol. The molecule has 5 nitrogen and oxygen atoms in total. The van der Waals surface area contributed by atoms with Crippen LogP contribution in [0, 0.1) is 0 Å². The summed E-state index contributed by atoms with van der Waals surface area (Å²) in [5.74, 6) is 0.443. The summed E-state index contributed by atoms with van der Waals surface area (Å²) in [6.45, 7) is 0.430. The molecule has 0 atom stereocenters. The monoisotopic (exact) mass is 526 g/mol. The summed E-state index contributed by atoms with van der Waals surface area (Å²) in [5, 5.41) is 4.89. The second-order valence-electron chi connectivity index (χ2n) is 6.44. The molecule has 1 N–H and O–H groups in total. The Morgan fingerprint density at radius 1 is 1.00 bits per heavy atom. The number of amides is 1. The van der Waals surface area contributed by atoms with Gasteiger partial charge in [0, 0.05) is 19.9 Å². The minimum atomic E-state index is -0.424. The summed E-state index contributed by atoms with van der Waals surface area (Å²) >= 11 is 6.83. The number of para-hydroxylation sites is 1. The molecule has 0 unspecified atom stereocenters. The second kappa shape index (κ2) is 9.28. The Labute approximate surface area is 190 Å². The fourth-order valence-corrected chi connectivity index (χ4v) is 3.45. The van der Waals surface area contributed by atoms with Crippen molar-refractivity contribution >= 4 is 55.0 Å². The Kier molecular flexibility index (Phi) is 6.30. The molecule has 0 spiro atoms. The van der Waals surface area contributed by atoms with Crippen LogP contribution in [0.2, 0.25) is 0 Å². The van der Waals surface area contributed by atoms with Gasteiger partial charge in [0.1, 0.15) is 17.9 Å². The second-order valence-corrected chi connectivity index (χ2v) is 8.28. The fourth-order valence-electron chi connectivity index (χ4n) is 2.80. The molecule has 0 saturated carbocycles. The first-order chi connectivity index (χ1) is 14.6. The first kappa shape index (κ1) is 20.4. The fraction of sp³-hybridized carbons (Fsp3) is 0.0435. The molecule has 0 bridgehead atoms. The molecule has 0 aliphatic carbocycles. The molecule has 150 valence electrons. The van der Waals surface area contributed by atoms with Crippen LogP contribution < -0.4 is 10.2 Å². The predicted octanol–water partition coefficient (Wildman–Crippen LogP) is 6.30. The molecular formula is C23H16Br2N2O3. The third-order valence-electron chi connectivity index (χ3n) is 4.30. The lowest BCUT2D eigenvalue weighted by Gasteiger charge is -2.09. The Morgan fingerprint density at radius 3 is 2.60 bits per heavy atom. The highest BCUT2D eigenvalue weighted by atomic mass is 79.9. The molecule has 1 amide bonds. The van der Waals surface area contributed by atoms with E-state index in [2.05, 4.69) is 42.4 Å². The van der Waals surface area contributed by atoms with E-state index in [1.165, 1.54) is 0 Å². The van der Waals surface area contributed by atoms with Crippen LogP contribution >= 0.6 is 31.9 Å². The van der Waals surface area contributed by atoms with E-state index in [1.807, 2.05) is 60.7 Å². The molecule has 3 aromatic carbocycles. The van der Waals surface area contributed by atoms with Crippen molar-refractivity contribution in [2.75, 3.05) is 0 Å². The average molecular weight is 528 g/mol. The maximum Gasteiger partial charge on any atom is 0.307 e. The smallest absolute Gasteiger partial charge is 0.307 e. The lowest BCUT2D eigenvalue weighted by molar-refractivity contribution is 0.0929. The van der Waals surface area contributed by atoms with Gasteiger partial charge in [0.2, 0.25) is 0 Å². The highest BCUT2D eigenvalue weighted by Gasteiger charge is 2.12. The van der Waals surface area contributed by atoms with Gasteiger partial charge in [-0.1, -0.05) is 56.1 Å². The van der Waals surface area contributed by atoms with Crippen LogP contribution in [0.3, 0.4) is 0 Å². The van der Waals surface area contributed by atoms with Crippen molar-refractivity contribution in [3.05, 3.63) is 98.6 Å². The minimum Gasteiger partial charge on any atom is -0.488 e. The van der Waals surface area contributed by atoms with E-state index >= 15 is 0 Å². The maximum absolute atomic E-state index is 12.3. The van der Waals surface area contributed by atoms with Crippen LogP contribution in [0.25, 0.3) is 11.0 Å². The number of halogens is 2. The van der Waals surface area contributed by atoms with E-state index in [0.717, 1.165) is 25.5 Å². The van der Waals surface area contributed by atoms with Crippen LogP contribution in [0.4, 0.5) is 0 Å². The van der Waals surface area contributed by atoms with E-state index in [-0.39, 0.29) is 5.76 Å². The van der Waals surface area contributed by atoms with Crippen molar-refractivity contribution < 1.29 is 13.9 Å². The first-order valence-corrected chi connectivity index (χ1v) is 10.7. The van der Waals surface area contributed by atoms with E-state index < -0.39 is 5.91 Å². The van der Waals surface area contributed by atoms with Crippen molar-refractivity contribution in [3.63, 3.8) is 0 Å². The zero-order valence-corrected chi connectivity index (χ0v) is 18.8. The van der Waals surface area contributed by atoms with E-state index in [9.17, 15) is 4.79 Å². The number of nitrogens with one attached hydrogen (secondary N) is 1. The zero-order valence-electron chi connectivity index (χ0n) is 15.6. The summed E-state index contributed by atoms with van der Waals surface area (Å²) < 4.78 is 13.4. The van der Waals surface area contributed by atoms with Crippen LogP contribution in [0.15, 0.2) is 91.3 Å². The van der Waals surface area contributed by atoms with Crippen molar-refractivity contribution in [3.8, 4) is 5.75 Å². The van der Waals surface area contributed by atoms with Gasteiger partial charge in [0.05, 0.1) is 6.21 Å². The Morgan fingerprint density at radius 2 is 1.77 bits per heavy atom. The van der Waals surface area contributed by atoms with Crippen LogP contribution in [0.1, 0.15) is 21.7 Å². The van der Waals surface area contributed by atoms with Crippen molar-refractivity contribution in [1.82, 2.24) is 5.43 Å². The molecule has 4 rings (SSSR count). The van der Waals surface area contributed by atoms with Gasteiger partial charge in [0.15, 0.2) is 5.76 Å². The van der Waals surface area contributed by atoms with Crippen molar-refractivity contribution in [2.45, 2.75) is 6.61 Å². The number of benzene rings is 3. The Bertz CT molecular complexity index is 1220. The van der Waals surface area contributed by atoms with Gasteiger partial charge < -0.3 is 9.15 Å². The third kappa shape index (κ3) is 4.98. The van der Waals surface area contributed by atoms with E-state index in [1.54, 1.807) is 18.3 Å². The normalized spacial score (nSPS) is 11.1. The summed E-state index contributed by atoms with van der Waals surface area (Å²) in [6, 6.07) is 22.7. The number of hydrogen-bond acceptors (Lipinski definition) is 4. The van der Waals surface area contributed by atoms with Crippen molar-refractivity contribution in [2.24, 2.45) is 5.10 Å². The third-order valence-corrected chi connectivity index (χ3v) is 5.32. The Hall–Kier alpha value is -2.90. The standard InChI is InChI=1S/C23H16Br2N2O3/c24-18-7-5-15(6-8-18)14-29-20-4-2-1-3-16(20)13-26-27-23(28)22-12-17-11-19(25)9-10-21(17)30-22/h1-13H,14H2,(H,27,28)/b26-13+. The summed E-state index contributed by atoms with van der Waals surface area (Å²) in [5.41, 5.74) is 4.94. The Balaban J connectivity index is 1.42. The number of nitrogens with zero attached hydrogens (tertiary/aromatic N) is 1. The number of furan rings is 1. The van der Waals surface area contributed by atoms with Gasteiger partial charge in [-0.25, -0.2) is 5.43 Å². The molecule has 0 radical (unpaired) electrons. The van der Waals surface area contributed by atoms with Crippen LogP contribution in [0.5, 0.6) is 5.75 Å². The molecule has 0 aliphatic heterocycles. The number of ether oxygens (including phenoxy) is 1. The molecule has 0 aliphatic rings. The van der Waals surface area contributed by atoms with Crippen molar-refractivity contribution in [1.29, 1.82) is 0 Å². The number of rotatable bonds is 6. The number of carbonyl (C=O) groups excluding carboxylic acids is 1. The molecule has 1 heterocycles. The van der Waals surface area contributed by atoms with Gasteiger partial charge in [0.25, 0.3) is 0 Å². The largest absolute Gasteiger partial charge is 0.488 e. The van der Waals surface area contributed by atoms with Crippen LogP contribution in [-0.4, -0.2) is 12.1 Å². The SMILES string of the molecule is O=C(N/N=C/c1ccccc1OCc1ccc(Br)cc1)c1cc2cc(Br)ccc2o1. The summed E-state index contributed by atoms with van der Waals surface area (Å²) in [4.78, 5) is 12.3. The number of hydrazone groups is 1. The van der Waals surface area contributed by atoms with Gasteiger partial charge in [-0.15, -0.1) is 0 Å². The molecule has 0 fully saturated rings. The molecule has 4 aromatic rings. The van der Waals surface area contributed by atoms with E-state index in [0.29, 0.717) is 17.9 Å². The van der Waals surface area contributed by atoms with E-state index in [4.69, 9.17) is 9.15 Å². The molecule has 30 heavy (non-hydrogen) atoms. The number of fused-ring (bicyclic) bond motifs is 1. The van der Waals surface area contributed by atoms with Gasteiger partial charge in [-0.3, -0.25) is 4.79 Å². The quantitative estimate of drug-likeness (QED) is 0.236. The van der Waals surface area contributed by atoms with Crippen LogP contribution in [-0.2, 0) is 6.61 Å². The first-order valence-electron chi connectivity index (χ1n) is 9.07. The molecule has 0 saturated heterocycles. The number of hydrogen-bond donors (Lipinski definition) is 1. The predicted molar refractivity (Wildman–Crippen MR) is 124 cm³/mol. The van der Waals surface area contributed by atoms with Gasteiger partial charge >= 0.3 is 5.91 Å². The van der Waals surface area contributed by atoms with Gasteiger partial charge in [-0.2, -0.15) is 5.10 Å². The zero-order chi connectivity index (χ0) is 20.9. The highest BCUT2D eigenvalue weighted by molar-refractivity contribution is 9.10. The number of carbonyl (C=O) groups is 1. The molecule has 1 aromatic heterocycles. The molecule has 7 heteroatoms. The van der Waals surface area contributed by atoms with Gasteiger partial charge in [-0.05, 0) is 54.1 Å². The average Bonchev–Trinajstić information content (AvgIpc) is 3.17. The summed E-state index contributed by atoms with van der Waals surface area (Å²) in [7, 11) is 0. The summed E-state index contributed by atoms with van der Waals surface area (Å²) in [6.07, 6.45) is 1.55. The lowest BCUT2D eigenvalue weighted by Crippen LogP contribution is -2.16. The highest BCUT2D eigenvalue weighted by Crippen LogP contribution is 2.23. The lowest BCUT2D eigenvalue weighted by atomic mass is 10.2. The topological polar surface area (TPSA) is 63.8 Å². The maximum atomic E-state index is 12.3.